The van der Waals surface area contributed by atoms with E-state index < -0.39 is 11.9 Å². The van der Waals surface area contributed by atoms with Crippen LogP contribution in [0.1, 0.15) is 19.8 Å². The minimum Gasteiger partial charge on any atom is -0.481 e. The number of rotatable bonds is 4. The lowest BCUT2D eigenvalue weighted by atomic mass is 9.98. The van der Waals surface area contributed by atoms with E-state index in [9.17, 15) is 9.59 Å². The molecule has 1 aromatic carbocycles. The average molecular weight is 325 g/mol. The van der Waals surface area contributed by atoms with Gasteiger partial charge in [0.2, 0.25) is 0 Å². The van der Waals surface area contributed by atoms with Gasteiger partial charge in [0, 0.05) is 16.6 Å². The number of carbonyl (C=O) groups is 2. The minimum absolute atomic E-state index is 0.0347. The average Bonchev–Trinajstić information content (AvgIpc) is 2.63. The lowest BCUT2D eigenvalue weighted by Gasteiger charge is -2.15. The van der Waals surface area contributed by atoms with Gasteiger partial charge in [-0.2, -0.15) is 10.1 Å². The summed E-state index contributed by atoms with van der Waals surface area (Å²) in [5.41, 5.74) is 1.33. The van der Waals surface area contributed by atoms with Crippen LogP contribution in [0.2, 0.25) is 0 Å². The summed E-state index contributed by atoms with van der Waals surface area (Å²) in [7, 11) is 0. The molecule has 6 heteroatoms. The van der Waals surface area contributed by atoms with Crippen LogP contribution < -0.4 is 5.01 Å². The van der Waals surface area contributed by atoms with Crippen molar-refractivity contribution in [2.24, 2.45) is 11.0 Å². The Morgan fingerprint density at radius 2 is 2.16 bits per heavy atom. The number of anilines is 1. The van der Waals surface area contributed by atoms with Gasteiger partial charge >= 0.3 is 5.97 Å². The molecule has 0 bridgehead atoms. The molecular formula is C13H13BrN2O3. The van der Waals surface area contributed by atoms with Crippen LogP contribution in [0, 0.1) is 5.92 Å². The quantitative estimate of drug-likeness (QED) is 0.925. The third-order valence-corrected chi connectivity index (χ3v) is 3.67. The first kappa shape index (κ1) is 13.7. The van der Waals surface area contributed by atoms with Crippen molar-refractivity contribution in [2.45, 2.75) is 19.8 Å². The number of carboxylic acid groups (broad SMARTS) is 1. The summed E-state index contributed by atoms with van der Waals surface area (Å²) >= 11 is 3.38. The van der Waals surface area contributed by atoms with E-state index >= 15 is 0 Å². The molecule has 0 spiro atoms. The van der Waals surface area contributed by atoms with Crippen molar-refractivity contribution in [3.8, 4) is 0 Å². The molecule has 1 heterocycles. The number of halogens is 1. The topological polar surface area (TPSA) is 70.0 Å². The summed E-state index contributed by atoms with van der Waals surface area (Å²) in [6, 6.07) is 7.30. The van der Waals surface area contributed by atoms with Crippen LogP contribution in [-0.4, -0.2) is 22.7 Å². The molecule has 0 saturated carbocycles. The van der Waals surface area contributed by atoms with Gasteiger partial charge in [0.05, 0.1) is 11.6 Å². The van der Waals surface area contributed by atoms with Gasteiger partial charge in [-0.05, 0) is 41.4 Å². The van der Waals surface area contributed by atoms with Crippen LogP contribution >= 0.6 is 15.9 Å². The molecule has 2 rings (SSSR count). The fourth-order valence-corrected chi connectivity index (χ4v) is 2.45. The molecule has 1 aromatic rings. The monoisotopic (exact) mass is 324 g/mol. The molecule has 1 aliphatic rings. The van der Waals surface area contributed by atoms with Gasteiger partial charge in [-0.1, -0.05) is 12.1 Å². The van der Waals surface area contributed by atoms with E-state index in [4.69, 9.17) is 5.11 Å². The smallest absolute Gasteiger partial charge is 0.303 e. The predicted molar refractivity (Wildman–Crippen MR) is 75.1 cm³/mol. The highest BCUT2D eigenvalue weighted by Gasteiger charge is 2.34. The number of hydrogen-bond acceptors (Lipinski definition) is 3. The van der Waals surface area contributed by atoms with Gasteiger partial charge in [-0.25, -0.2) is 0 Å². The first-order valence-electron chi connectivity index (χ1n) is 5.86. The van der Waals surface area contributed by atoms with E-state index in [1.807, 2.05) is 18.2 Å². The van der Waals surface area contributed by atoms with Crippen molar-refractivity contribution in [3.05, 3.63) is 28.7 Å². The fraction of sp³-hybridized carbons (Fsp3) is 0.308. The van der Waals surface area contributed by atoms with Crippen molar-refractivity contribution in [3.63, 3.8) is 0 Å². The third-order valence-electron chi connectivity index (χ3n) is 3.00. The molecule has 1 amide bonds. The number of hydrazone groups is 1. The lowest BCUT2D eigenvalue weighted by Crippen LogP contribution is -2.27. The molecule has 1 aliphatic heterocycles. The molecule has 5 nitrogen and oxygen atoms in total. The van der Waals surface area contributed by atoms with Crippen molar-refractivity contribution in [2.75, 3.05) is 5.01 Å². The number of hydrogen-bond donors (Lipinski definition) is 1. The molecule has 1 atom stereocenters. The largest absolute Gasteiger partial charge is 0.481 e. The summed E-state index contributed by atoms with van der Waals surface area (Å²) in [6.45, 7) is 1.75. The van der Waals surface area contributed by atoms with E-state index in [2.05, 4.69) is 21.0 Å². The van der Waals surface area contributed by atoms with Crippen molar-refractivity contribution < 1.29 is 14.7 Å². The van der Waals surface area contributed by atoms with Gasteiger partial charge in [0.1, 0.15) is 0 Å². The molecule has 0 fully saturated rings. The van der Waals surface area contributed by atoms with Gasteiger partial charge in [0.15, 0.2) is 0 Å². The zero-order chi connectivity index (χ0) is 14.0. The van der Waals surface area contributed by atoms with E-state index in [1.165, 1.54) is 5.01 Å². The summed E-state index contributed by atoms with van der Waals surface area (Å²) in [5.74, 6) is -1.52. The van der Waals surface area contributed by atoms with Crippen LogP contribution in [0.25, 0.3) is 0 Å². The van der Waals surface area contributed by atoms with Gasteiger partial charge in [-0.15, -0.1) is 0 Å². The summed E-state index contributed by atoms with van der Waals surface area (Å²) < 4.78 is 0.777. The highest BCUT2D eigenvalue weighted by Crippen LogP contribution is 2.31. The Labute approximate surface area is 119 Å². The highest BCUT2D eigenvalue weighted by atomic mass is 79.9. The number of aliphatic carboxylic acids is 1. The van der Waals surface area contributed by atoms with Crippen LogP contribution in [0.5, 0.6) is 0 Å². The Bertz CT molecular complexity index is 557. The maximum atomic E-state index is 12.3. The number of para-hydroxylation sites is 1. The zero-order valence-electron chi connectivity index (χ0n) is 10.3. The van der Waals surface area contributed by atoms with Gasteiger partial charge in [0.25, 0.3) is 5.91 Å². The second-order valence-corrected chi connectivity index (χ2v) is 5.18. The second-order valence-electron chi connectivity index (χ2n) is 4.33. The van der Waals surface area contributed by atoms with Crippen molar-refractivity contribution in [1.29, 1.82) is 0 Å². The van der Waals surface area contributed by atoms with E-state index in [0.29, 0.717) is 11.4 Å². The van der Waals surface area contributed by atoms with Crippen LogP contribution in [0.15, 0.2) is 33.8 Å². The third kappa shape index (κ3) is 2.84. The predicted octanol–water partition coefficient (Wildman–Crippen LogP) is 2.65. The Morgan fingerprint density at radius 3 is 2.79 bits per heavy atom. The molecule has 1 unspecified atom stereocenters. The van der Waals surface area contributed by atoms with E-state index in [0.717, 1.165) is 4.47 Å². The zero-order valence-corrected chi connectivity index (χ0v) is 11.9. The minimum atomic E-state index is -0.903. The Kier molecular flexibility index (Phi) is 3.99. The standard InChI is InChI=1S/C13H13BrN2O3/c1-8-9(6-7-12(17)18)13(19)16(15-8)11-5-3-2-4-10(11)14/h2-5,9H,6-7H2,1H3,(H,17,18). The highest BCUT2D eigenvalue weighted by molar-refractivity contribution is 9.10. The first-order valence-corrected chi connectivity index (χ1v) is 6.65. The molecule has 0 radical (unpaired) electrons. The first-order chi connectivity index (χ1) is 9.00. The molecular weight excluding hydrogens is 312 g/mol. The number of amides is 1. The fourth-order valence-electron chi connectivity index (χ4n) is 2.00. The van der Waals surface area contributed by atoms with Gasteiger partial charge in [-0.3, -0.25) is 9.59 Å². The summed E-state index contributed by atoms with van der Waals surface area (Å²) in [5, 5.41) is 14.3. The van der Waals surface area contributed by atoms with Crippen LogP contribution in [0.4, 0.5) is 5.69 Å². The Balaban J connectivity index is 2.21. The van der Waals surface area contributed by atoms with Crippen LogP contribution in [-0.2, 0) is 9.59 Å². The summed E-state index contributed by atoms with van der Waals surface area (Å²) in [4.78, 5) is 22.9. The number of carbonyl (C=O) groups excluding carboxylic acids is 1. The second kappa shape index (κ2) is 5.52. The van der Waals surface area contributed by atoms with E-state index in [-0.39, 0.29) is 18.7 Å². The number of benzene rings is 1. The number of nitrogens with zero attached hydrogens (tertiary/aromatic N) is 2. The molecule has 19 heavy (non-hydrogen) atoms. The molecule has 0 aliphatic carbocycles. The lowest BCUT2D eigenvalue weighted by molar-refractivity contribution is -0.137. The molecule has 0 aromatic heterocycles. The van der Waals surface area contributed by atoms with E-state index in [1.54, 1.807) is 13.0 Å². The maximum Gasteiger partial charge on any atom is 0.303 e. The molecule has 100 valence electrons. The SMILES string of the molecule is CC1=NN(c2ccccc2Br)C(=O)C1CCC(=O)O. The molecule has 1 N–H and O–H groups in total. The number of carboxylic acids is 1. The van der Waals surface area contributed by atoms with Crippen molar-refractivity contribution >= 4 is 39.2 Å². The molecule has 0 saturated heterocycles. The Morgan fingerprint density at radius 1 is 1.47 bits per heavy atom. The Hall–Kier alpha value is -1.69. The maximum absolute atomic E-state index is 12.3. The normalized spacial score (nSPS) is 18.6. The summed E-state index contributed by atoms with van der Waals surface area (Å²) in [6.07, 6.45) is 0.248. The van der Waals surface area contributed by atoms with Gasteiger partial charge < -0.3 is 5.11 Å². The van der Waals surface area contributed by atoms with Crippen molar-refractivity contribution in [1.82, 2.24) is 0 Å². The van der Waals surface area contributed by atoms with Crippen LogP contribution in [0.3, 0.4) is 0 Å².